The standard InChI is InChI=1S/C7H7Cl2NO2S/c1-13(11,12)4-6-5(8)2-3-7(9)10-6/h2-3H,4H2,1H3. The van der Waals surface area contributed by atoms with Crippen LogP contribution in [-0.2, 0) is 15.6 Å². The molecule has 0 unspecified atom stereocenters. The minimum absolute atomic E-state index is 0.188. The Bertz CT molecular complexity index is 417. The molecule has 0 spiro atoms. The quantitative estimate of drug-likeness (QED) is 0.742. The van der Waals surface area contributed by atoms with Gasteiger partial charge < -0.3 is 0 Å². The zero-order chi connectivity index (χ0) is 10.1. The van der Waals surface area contributed by atoms with Gasteiger partial charge in [0.05, 0.1) is 16.5 Å². The summed E-state index contributed by atoms with van der Waals surface area (Å²) >= 11 is 11.3. The summed E-state index contributed by atoms with van der Waals surface area (Å²) in [6, 6.07) is 3.03. The average molecular weight is 240 g/mol. The number of rotatable bonds is 2. The highest BCUT2D eigenvalue weighted by Gasteiger charge is 2.10. The van der Waals surface area contributed by atoms with Crippen molar-refractivity contribution >= 4 is 33.0 Å². The third-order valence-corrected chi connectivity index (χ3v) is 2.64. The molecule has 3 nitrogen and oxygen atoms in total. The number of sulfone groups is 1. The van der Waals surface area contributed by atoms with E-state index in [1.54, 1.807) is 0 Å². The lowest BCUT2D eigenvalue weighted by Gasteiger charge is -2.01. The molecule has 0 aliphatic carbocycles. The summed E-state index contributed by atoms with van der Waals surface area (Å²) in [5, 5.41) is 0.554. The Labute approximate surface area is 86.6 Å². The SMILES string of the molecule is CS(=O)(=O)Cc1nc(Cl)ccc1Cl. The van der Waals surface area contributed by atoms with Crippen LogP contribution in [0.3, 0.4) is 0 Å². The zero-order valence-electron chi connectivity index (χ0n) is 6.79. The van der Waals surface area contributed by atoms with Crippen LogP contribution in [0.1, 0.15) is 5.69 Å². The molecule has 0 saturated heterocycles. The fourth-order valence-electron chi connectivity index (χ4n) is 0.807. The molecule has 0 bridgehead atoms. The summed E-state index contributed by atoms with van der Waals surface area (Å²) in [6.45, 7) is 0. The van der Waals surface area contributed by atoms with Gasteiger partial charge in [0.25, 0.3) is 0 Å². The van der Waals surface area contributed by atoms with Gasteiger partial charge in [-0.25, -0.2) is 13.4 Å². The van der Waals surface area contributed by atoms with Crippen LogP contribution >= 0.6 is 23.2 Å². The van der Waals surface area contributed by atoms with Crippen molar-refractivity contribution in [3.05, 3.63) is 28.0 Å². The van der Waals surface area contributed by atoms with E-state index in [2.05, 4.69) is 4.98 Å². The van der Waals surface area contributed by atoms with Gasteiger partial charge in [-0.15, -0.1) is 0 Å². The van der Waals surface area contributed by atoms with E-state index < -0.39 is 9.84 Å². The van der Waals surface area contributed by atoms with Crippen molar-refractivity contribution < 1.29 is 8.42 Å². The molecule has 6 heteroatoms. The molecule has 13 heavy (non-hydrogen) atoms. The van der Waals surface area contributed by atoms with Crippen molar-refractivity contribution in [2.75, 3.05) is 6.26 Å². The first-order chi connectivity index (χ1) is 5.88. The van der Waals surface area contributed by atoms with Crippen LogP contribution in [0.5, 0.6) is 0 Å². The highest BCUT2D eigenvalue weighted by Crippen LogP contribution is 2.18. The highest BCUT2D eigenvalue weighted by atomic mass is 35.5. The van der Waals surface area contributed by atoms with Crippen LogP contribution < -0.4 is 0 Å². The van der Waals surface area contributed by atoms with Crippen molar-refractivity contribution in [1.82, 2.24) is 4.98 Å². The molecule has 0 saturated carbocycles. The molecule has 0 aromatic carbocycles. The maximum absolute atomic E-state index is 10.9. The smallest absolute Gasteiger partial charge is 0.153 e. The fourth-order valence-corrected chi connectivity index (χ4v) is 1.94. The van der Waals surface area contributed by atoms with Crippen molar-refractivity contribution in [1.29, 1.82) is 0 Å². The van der Waals surface area contributed by atoms with Gasteiger partial charge in [-0.2, -0.15) is 0 Å². The van der Waals surface area contributed by atoms with E-state index in [1.807, 2.05) is 0 Å². The molecular weight excluding hydrogens is 233 g/mol. The van der Waals surface area contributed by atoms with Crippen LogP contribution in [0.25, 0.3) is 0 Å². The number of hydrogen-bond donors (Lipinski definition) is 0. The van der Waals surface area contributed by atoms with Crippen molar-refractivity contribution in [2.24, 2.45) is 0 Å². The third-order valence-electron chi connectivity index (χ3n) is 1.28. The van der Waals surface area contributed by atoms with E-state index in [1.165, 1.54) is 12.1 Å². The molecule has 0 amide bonds. The monoisotopic (exact) mass is 239 g/mol. The van der Waals surface area contributed by atoms with Gasteiger partial charge in [-0.1, -0.05) is 23.2 Å². The molecule has 72 valence electrons. The van der Waals surface area contributed by atoms with Gasteiger partial charge >= 0.3 is 0 Å². The van der Waals surface area contributed by atoms with Gasteiger partial charge in [0, 0.05) is 6.26 Å². The number of pyridine rings is 1. The molecule has 1 rings (SSSR count). The molecule has 0 radical (unpaired) electrons. The summed E-state index contributed by atoms with van der Waals surface area (Å²) in [7, 11) is -3.12. The number of halogens is 2. The minimum atomic E-state index is -3.12. The number of aromatic nitrogens is 1. The highest BCUT2D eigenvalue weighted by molar-refractivity contribution is 7.89. The maximum atomic E-state index is 10.9. The number of nitrogens with zero attached hydrogens (tertiary/aromatic N) is 1. The molecule has 0 N–H and O–H groups in total. The van der Waals surface area contributed by atoms with Gasteiger partial charge in [0.2, 0.25) is 0 Å². The summed E-state index contributed by atoms with van der Waals surface area (Å²) in [6.07, 6.45) is 1.12. The zero-order valence-corrected chi connectivity index (χ0v) is 9.12. The van der Waals surface area contributed by atoms with Gasteiger partial charge in [0.1, 0.15) is 5.15 Å². The third kappa shape index (κ3) is 3.50. The Kier molecular flexibility index (Phi) is 3.16. The number of hydrogen-bond acceptors (Lipinski definition) is 3. The summed E-state index contributed by atoms with van der Waals surface area (Å²) in [4.78, 5) is 3.81. The second-order valence-corrected chi connectivity index (χ2v) is 5.57. The van der Waals surface area contributed by atoms with E-state index in [0.717, 1.165) is 6.26 Å². The molecule has 0 fully saturated rings. The molecule has 0 aliphatic heterocycles. The van der Waals surface area contributed by atoms with E-state index in [0.29, 0.717) is 5.02 Å². The average Bonchev–Trinajstić information content (AvgIpc) is 1.94. The predicted octanol–water partition coefficient (Wildman–Crippen LogP) is 1.93. The fraction of sp³-hybridized carbons (Fsp3) is 0.286. The molecule has 1 aromatic heterocycles. The maximum Gasteiger partial charge on any atom is 0.153 e. The Morgan fingerprint density at radius 3 is 2.54 bits per heavy atom. The Morgan fingerprint density at radius 2 is 2.00 bits per heavy atom. The van der Waals surface area contributed by atoms with Crippen molar-refractivity contribution in [2.45, 2.75) is 5.75 Å². The normalized spacial score (nSPS) is 11.6. The van der Waals surface area contributed by atoms with E-state index in [4.69, 9.17) is 23.2 Å². The minimum Gasteiger partial charge on any atom is -0.239 e. The topological polar surface area (TPSA) is 47.0 Å². The molecule has 0 atom stereocenters. The van der Waals surface area contributed by atoms with Crippen LogP contribution in [0.15, 0.2) is 12.1 Å². The summed E-state index contributed by atoms with van der Waals surface area (Å²) in [5.74, 6) is -0.188. The first-order valence-corrected chi connectivity index (χ1v) is 6.19. The summed E-state index contributed by atoms with van der Waals surface area (Å²) < 4.78 is 21.8. The predicted molar refractivity (Wildman–Crippen MR) is 52.8 cm³/mol. The Balaban J connectivity index is 3.08. The Hall–Kier alpha value is -0.320. The van der Waals surface area contributed by atoms with Gasteiger partial charge in [0.15, 0.2) is 9.84 Å². The van der Waals surface area contributed by atoms with Crippen molar-refractivity contribution in [3.63, 3.8) is 0 Å². The van der Waals surface area contributed by atoms with E-state index in [9.17, 15) is 8.42 Å². The van der Waals surface area contributed by atoms with Crippen LogP contribution in [-0.4, -0.2) is 19.7 Å². The van der Waals surface area contributed by atoms with E-state index in [-0.39, 0.29) is 16.6 Å². The largest absolute Gasteiger partial charge is 0.239 e. The van der Waals surface area contributed by atoms with E-state index >= 15 is 0 Å². The second kappa shape index (κ2) is 3.82. The molecular formula is C7H7Cl2NO2S. The van der Waals surface area contributed by atoms with Crippen LogP contribution in [0, 0.1) is 0 Å². The summed E-state index contributed by atoms with van der Waals surface area (Å²) in [5.41, 5.74) is 0.289. The molecule has 0 aliphatic rings. The van der Waals surface area contributed by atoms with Crippen molar-refractivity contribution in [3.8, 4) is 0 Å². The van der Waals surface area contributed by atoms with Gasteiger partial charge in [-0.05, 0) is 12.1 Å². The molecule has 1 heterocycles. The van der Waals surface area contributed by atoms with Crippen LogP contribution in [0.4, 0.5) is 0 Å². The van der Waals surface area contributed by atoms with Gasteiger partial charge in [-0.3, -0.25) is 0 Å². The first kappa shape index (κ1) is 10.8. The first-order valence-electron chi connectivity index (χ1n) is 3.37. The Morgan fingerprint density at radius 1 is 1.38 bits per heavy atom. The molecule has 1 aromatic rings. The lowest BCUT2D eigenvalue weighted by molar-refractivity contribution is 0.600. The lowest BCUT2D eigenvalue weighted by atomic mass is 10.4. The lowest BCUT2D eigenvalue weighted by Crippen LogP contribution is -2.03. The van der Waals surface area contributed by atoms with Crippen LogP contribution in [0.2, 0.25) is 10.2 Å². The second-order valence-electron chi connectivity index (χ2n) is 2.63.